The summed E-state index contributed by atoms with van der Waals surface area (Å²) < 4.78 is 4.98. The molecule has 0 bridgehead atoms. The monoisotopic (exact) mass is 458 g/mol. The summed E-state index contributed by atoms with van der Waals surface area (Å²) in [7, 11) is 0. The Morgan fingerprint density at radius 1 is 1.00 bits per heavy atom. The highest BCUT2D eigenvalue weighted by Crippen LogP contribution is 2.19. The van der Waals surface area contributed by atoms with E-state index in [-0.39, 0.29) is 17.9 Å². The number of aromatic nitrogens is 2. The Bertz CT molecular complexity index is 1350. The van der Waals surface area contributed by atoms with Gasteiger partial charge >= 0.3 is 5.97 Å². The quantitative estimate of drug-likeness (QED) is 0.386. The van der Waals surface area contributed by atoms with E-state index in [1.165, 1.54) is 0 Å². The Balaban J connectivity index is 1.44. The van der Waals surface area contributed by atoms with E-state index in [0.717, 1.165) is 10.9 Å². The standard InChI is InChI=1S/C25H22N4O5/c1-14-22(15(2)34-29-14)24(31)28-21(25(32)33)13-16-7-9-17(10-8-16)27-23(30)19-11-12-26-20-6-4-3-5-18(19)20/h3-12,21H,13H2,1-2H3,(H,27,30)(H,28,31)(H,32,33)/t21-/m0/s1. The second-order valence-corrected chi connectivity index (χ2v) is 7.79. The number of para-hydroxylation sites is 1. The van der Waals surface area contributed by atoms with E-state index in [9.17, 15) is 19.5 Å². The van der Waals surface area contributed by atoms with Crippen molar-refractivity contribution in [2.75, 3.05) is 5.32 Å². The maximum atomic E-state index is 12.8. The predicted molar refractivity (Wildman–Crippen MR) is 125 cm³/mol. The van der Waals surface area contributed by atoms with Crippen LogP contribution >= 0.6 is 0 Å². The fraction of sp³-hybridized carbons (Fsp3) is 0.160. The molecule has 172 valence electrons. The minimum atomic E-state index is -1.16. The molecule has 34 heavy (non-hydrogen) atoms. The fourth-order valence-electron chi connectivity index (χ4n) is 3.69. The van der Waals surface area contributed by atoms with E-state index >= 15 is 0 Å². The topological polar surface area (TPSA) is 134 Å². The lowest BCUT2D eigenvalue weighted by Crippen LogP contribution is -2.42. The Morgan fingerprint density at radius 3 is 2.41 bits per heavy atom. The van der Waals surface area contributed by atoms with Crippen molar-refractivity contribution in [3.63, 3.8) is 0 Å². The molecule has 9 nitrogen and oxygen atoms in total. The number of carboxylic acids is 1. The molecular formula is C25H22N4O5. The number of amides is 2. The molecule has 2 heterocycles. The molecule has 2 aromatic carbocycles. The number of carboxylic acid groups (broad SMARTS) is 1. The number of nitrogens with zero attached hydrogens (tertiary/aromatic N) is 2. The normalized spacial score (nSPS) is 11.7. The van der Waals surface area contributed by atoms with Gasteiger partial charge in [0.2, 0.25) is 0 Å². The Kier molecular flexibility index (Phi) is 6.35. The molecule has 0 fully saturated rings. The molecule has 3 N–H and O–H groups in total. The van der Waals surface area contributed by atoms with Crippen molar-refractivity contribution in [1.29, 1.82) is 0 Å². The van der Waals surface area contributed by atoms with Crippen LogP contribution < -0.4 is 10.6 Å². The van der Waals surface area contributed by atoms with Crippen LogP contribution in [-0.2, 0) is 11.2 Å². The van der Waals surface area contributed by atoms with Crippen LogP contribution in [0.5, 0.6) is 0 Å². The average molecular weight is 458 g/mol. The summed E-state index contributed by atoms with van der Waals surface area (Å²) in [4.78, 5) is 41.3. The number of aliphatic carboxylic acids is 1. The van der Waals surface area contributed by atoms with Crippen molar-refractivity contribution >= 4 is 34.4 Å². The third kappa shape index (κ3) is 4.78. The summed E-state index contributed by atoms with van der Waals surface area (Å²) in [5.41, 5.74) is 3.08. The Labute approximate surface area is 194 Å². The van der Waals surface area contributed by atoms with Crippen LogP contribution in [0.1, 0.15) is 37.7 Å². The van der Waals surface area contributed by atoms with E-state index < -0.39 is 17.9 Å². The number of fused-ring (bicyclic) bond motifs is 1. The van der Waals surface area contributed by atoms with Gasteiger partial charge in [-0.15, -0.1) is 0 Å². The molecule has 4 aromatic rings. The lowest BCUT2D eigenvalue weighted by atomic mass is 10.0. The first-order valence-electron chi connectivity index (χ1n) is 10.5. The van der Waals surface area contributed by atoms with E-state index in [4.69, 9.17) is 4.52 Å². The molecule has 0 radical (unpaired) electrons. The van der Waals surface area contributed by atoms with Gasteiger partial charge in [0.1, 0.15) is 17.4 Å². The second-order valence-electron chi connectivity index (χ2n) is 7.79. The van der Waals surface area contributed by atoms with Gasteiger partial charge in [0, 0.05) is 23.7 Å². The third-order valence-electron chi connectivity index (χ3n) is 5.41. The van der Waals surface area contributed by atoms with Crippen molar-refractivity contribution < 1.29 is 24.0 Å². The molecule has 0 aliphatic heterocycles. The molecule has 0 saturated carbocycles. The van der Waals surface area contributed by atoms with Gasteiger partial charge in [-0.25, -0.2) is 4.79 Å². The molecule has 0 spiro atoms. The van der Waals surface area contributed by atoms with Crippen molar-refractivity contribution in [3.8, 4) is 0 Å². The average Bonchev–Trinajstić information content (AvgIpc) is 3.17. The van der Waals surface area contributed by atoms with Crippen LogP contribution in [0.25, 0.3) is 10.9 Å². The van der Waals surface area contributed by atoms with E-state index in [1.807, 2.05) is 24.3 Å². The Morgan fingerprint density at radius 2 is 1.74 bits per heavy atom. The van der Waals surface area contributed by atoms with Crippen LogP contribution in [0.3, 0.4) is 0 Å². The number of aryl methyl sites for hydroxylation is 2. The van der Waals surface area contributed by atoms with Gasteiger partial charge in [0.05, 0.1) is 16.8 Å². The largest absolute Gasteiger partial charge is 0.480 e. The summed E-state index contributed by atoms with van der Waals surface area (Å²) in [6.07, 6.45) is 1.65. The zero-order valence-electron chi connectivity index (χ0n) is 18.5. The molecule has 0 unspecified atom stereocenters. The first-order chi connectivity index (χ1) is 16.3. The maximum absolute atomic E-state index is 12.8. The van der Waals surface area contributed by atoms with Crippen LogP contribution in [0.15, 0.2) is 65.3 Å². The van der Waals surface area contributed by atoms with Gasteiger partial charge in [-0.1, -0.05) is 35.5 Å². The second kappa shape index (κ2) is 9.53. The highest BCUT2D eigenvalue weighted by molar-refractivity contribution is 6.12. The maximum Gasteiger partial charge on any atom is 0.326 e. The molecular weight excluding hydrogens is 436 g/mol. The summed E-state index contributed by atoms with van der Waals surface area (Å²) >= 11 is 0. The van der Waals surface area contributed by atoms with Gasteiger partial charge in [0.25, 0.3) is 11.8 Å². The van der Waals surface area contributed by atoms with Crippen LogP contribution in [0.2, 0.25) is 0 Å². The zero-order chi connectivity index (χ0) is 24.2. The van der Waals surface area contributed by atoms with Crippen molar-refractivity contribution in [3.05, 3.63) is 88.9 Å². The number of pyridine rings is 1. The van der Waals surface area contributed by atoms with Gasteiger partial charge in [-0.05, 0) is 43.7 Å². The molecule has 9 heteroatoms. The van der Waals surface area contributed by atoms with E-state index in [1.54, 1.807) is 50.4 Å². The van der Waals surface area contributed by atoms with Crippen LogP contribution in [-0.4, -0.2) is 39.1 Å². The lowest BCUT2D eigenvalue weighted by molar-refractivity contribution is -0.139. The van der Waals surface area contributed by atoms with E-state index in [0.29, 0.717) is 28.3 Å². The summed E-state index contributed by atoms with van der Waals surface area (Å²) in [6.45, 7) is 3.20. The number of hydrogen-bond acceptors (Lipinski definition) is 6. The zero-order valence-corrected chi connectivity index (χ0v) is 18.5. The number of benzene rings is 2. The number of nitrogens with one attached hydrogen (secondary N) is 2. The fourth-order valence-corrected chi connectivity index (χ4v) is 3.69. The van der Waals surface area contributed by atoms with Crippen molar-refractivity contribution in [2.24, 2.45) is 0 Å². The molecule has 4 rings (SSSR count). The van der Waals surface area contributed by atoms with Gasteiger partial charge in [-0.3, -0.25) is 14.6 Å². The highest BCUT2D eigenvalue weighted by atomic mass is 16.5. The molecule has 2 aromatic heterocycles. The number of carbonyl (C=O) groups excluding carboxylic acids is 2. The minimum Gasteiger partial charge on any atom is -0.480 e. The van der Waals surface area contributed by atoms with Crippen LogP contribution in [0.4, 0.5) is 5.69 Å². The molecule has 0 saturated heterocycles. The van der Waals surface area contributed by atoms with Crippen molar-refractivity contribution in [2.45, 2.75) is 26.3 Å². The Hall–Kier alpha value is -4.53. The minimum absolute atomic E-state index is 0.0632. The molecule has 2 amide bonds. The summed E-state index contributed by atoms with van der Waals surface area (Å²) in [5, 5.41) is 19.4. The molecule has 0 aliphatic carbocycles. The van der Waals surface area contributed by atoms with Gasteiger partial charge in [0.15, 0.2) is 0 Å². The summed E-state index contributed by atoms with van der Waals surface area (Å²) in [6, 6.07) is 14.7. The smallest absolute Gasteiger partial charge is 0.326 e. The number of hydrogen-bond donors (Lipinski definition) is 3. The number of rotatable bonds is 7. The highest BCUT2D eigenvalue weighted by Gasteiger charge is 2.25. The van der Waals surface area contributed by atoms with Crippen molar-refractivity contribution in [1.82, 2.24) is 15.5 Å². The van der Waals surface area contributed by atoms with Gasteiger partial charge in [-0.2, -0.15) is 0 Å². The predicted octanol–water partition coefficient (Wildman–Crippen LogP) is 3.52. The number of anilines is 1. The molecule has 1 atom stereocenters. The first-order valence-corrected chi connectivity index (χ1v) is 10.5. The molecule has 0 aliphatic rings. The lowest BCUT2D eigenvalue weighted by Gasteiger charge is -2.15. The van der Waals surface area contributed by atoms with Gasteiger partial charge < -0.3 is 20.3 Å². The number of carbonyl (C=O) groups is 3. The van der Waals surface area contributed by atoms with E-state index in [2.05, 4.69) is 20.8 Å². The SMILES string of the molecule is Cc1noc(C)c1C(=O)N[C@@H](Cc1ccc(NC(=O)c2ccnc3ccccc23)cc1)C(=O)O. The van der Waals surface area contributed by atoms with Crippen LogP contribution in [0, 0.1) is 13.8 Å². The third-order valence-corrected chi connectivity index (χ3v) is 5.41. The summed E-state index contributed by atoms with van der Waals surface area (Å²) in [5.74, 6) is -1.68. The first kappa shape index (κ1) is 22.7.